The molecule has 4 rings (SSSR count). The fourth-order valence-corrected chi connectivity index (χ4v) is 4.20. The van der Waals surface area contributed by atoms with Crippen molar-refractivity contribution in [3.05, 3.63) is 89.2 Å². The lowest BCUT2D eigenvalue weighted by Gasteiger charge is -2.11. The first kappa shape index (κ1) is 20.2. The molecular formula is C20H12Cl2N2O5S. The topological polar surface area (TPSA) is 101 Å². The lowest BCUT2D eigenvalue weighted by molar-refractivity contribution is 0.0704. The lowest BCUT2D eigenvalue weighted by atomic mass is 10.2. The SMILES string of the molecule is O=C(O)c1scc2[nH]c(=O)n(-c3cc(OCc4cccc(Cl)c4)ccc3Cl)c(=O)c12. The number of carboxylic acids is 1. The van der Waals surface area contributed by atoms with E-state index in [0.717, 1.165) is 21.5 Å². The molecule has 7 nitrogen and oxygen atoms in total. The largest absolute Gasteiger partial charge is 0.489 e. The van der Waals surface area contributed by atoms with E-state index in [-0.39, 0.29) is 33.1 Å². The van der Waals surface area contributed by atoms with Crippen LogP contribution in [0.15, 0.2) is 57.4 Å². The molecule has 30 heavy (non-hydrogen) atoms. The van der Waals surface area contributed by atoms with E-state index in [1.165, 1.54) is 17.5 Å². The van der Waals surface area contributed by atoms with Crippen molar-refractivity contribution in [2.24, 2.45) is 0 Å². The molecule has 0 atom stereocenters. The van der Waals surface area contributed by atoms with Gasteiger partial charge in [-0.1, -0.05) is 35.3 Å². The Balaban J connectivity index is 1.79. The summed E-state index contributed by atoms with van der Waals surface area (Å²) in [7, 11) is 0. The molecule has 0 unspecified atom stereocenters. The van der Waals surface area contributed by atoms with Gasteiger partial charge >= 0.3 is 11.7 Å². The monoisotopic (exact) mass is 462 g/mol. The molecular weight excluding hydrogens is 451 g/mol. The van der Waals surface area contributed by atoms with Gasteiger partial charge in [0, 0.05) is 16.5 Å². The molecule has 10 heteroatoms. The van der Waals surface area contributed by atoms with Gasteiger partial charge < -0.3 is 14.8 Å². The van der Waals surface area contributed by atoms with Gasteiger partial charge in [0.25, 0.3) is 5.56 Å². The Kier molecular flexibility index (Phi) is 5.38. The molecule has 2 aromatic carbocycles. The van der Waals surface area contributed by atoms with Crippen molar-refractivity contribution in [3.63, 3.8) is 0 Å². The van der Waals surface area contributed by atoms with Gasteiger partial charge in [0.15, 0.2) is 0 Å². The highest BCUT2D eigenvalue weighted by atomic mass is 35.5. The Hall–Kier alpha value is -3.07. The number of aromatic amines is 1. The fraction of sp³-hybridized carbons (Fsp3) is 0.0500. The highest BCUT2D eigenvalue weighted by Crippen LogP contribution is 2.26. The number of fused-ring (bicyclic) bond motifs is 1. The van der Waals surface area contributed by atoms with Crippen LogP contribution in [0.1, 0.15) is 15.2 Å². The number of carbonyl (C=O) groups is 1. The number of aromatic nitrogens is 2. The molecule has 0 aliphatic rings. The highest BCUT2D eigenvalue weighted by molar-refractivity contribution is 7.13. The third kappa shape index (κ3) is 3.72. The number of thiophene rings is 1. The summed E-state index contributed by atoms with van der Waals surface area (Å²) in [5.74, 6) is -0.889. The van der Waals surface area contributed by atoms with E-state index in [2.05, 4.69) is 4.98 Å². The molecule has 2 aromatic heterocycles. The summed E-state index contributed by atoms with van der Waals surface area (Å²) in [4.78, 5) is 39.4. The van der Waals surface area contributed by atoms with E-state index in [1.54, 1.807) is 24.3 Å². The fourth-order valence-electron chi connectivity index (χ4n) is 2.96. The molecule has 0 aliphatic heterocycles. The third-order valence-corrected chi connectivity index (χ3v) is 5.82. The third-order valence-electron chi connectivity index (χ3n) is 4.30. The van der Waals surface area contributed by atoms with Crippen LogP contribution in [0, 0.1) is 0 Å². The Labute approximate surface area is 182 Å². The maximum Gasteiger partial charge on any atom is 0.346 e. The first-order valence-corrected chi connectivity index (χ1v) is 10.2. The molecule has 0 spiro atoms. The number of aromatic carboxylic acids is 1. The van der Waals surface area contributed by atoms with Crippen molar-refractivity contribution in [2.45, 2.75) is 6.61 Å². The number of hydrogen-bond donors (Lipinski definition) is 2. The molecule has 0 radical (unpaired) electrons. The number of halogens is 2. The average molecular weight is 463 g/mol. The van der Waals surface area contributed by atoms with E-state index < -0.39 is 17.2 Å². The number of hydrogen-bond acceptors (Lipinski definition) is 5. The number of carboxylic acid groups (broad SMARTS) is 1. The molecule has 2 heterocycles. The van der Waals surface area contributed by atoms with Crippen LogP contribution < -0.4 is 16.0 Å². The van der Waals surface area contributed by atoms with Gasteiger partial charge in [0.2, 0.25) is 0 Å². The van der Waals surface area contributed by atoms with Crippen LogP contribution in [0.5, 0.6) is 5.75 Å². The molecule has 0 amide bonds. The van der Waals surface area contributed by atoms with Crippen LogP contribution in [0.25, 0.3) is 16.6 Å². The second-order valence-electron chi connectivity index (χ2n) is 6.26. The van der Waals surface area contributed by atoms with Crippen molar-refractivity contribution in [2.75, 3.05) is 0 Å². The van der Waals surface area contributed by atoms with Crippen molar-refractivity contribution in [1.29, 1.82) is 0 Å². The molecule has 0 aliphatic carbocycles. The van der Waals surface area contributed by atoms with Crippen molar-refractivity contribution in [1.82, 2.24) is 9.55 Å². The van der Waals surface area contributed by atoms with Crippen LogP contribution in [0.2, 0.25) is 10.0 Å². The molecule has 0 bridgehead atoms. The van der Waals surface area contributed by atoms with Gasteiger partial charge in [0.1, 0.15) is 17.2 Å². The number of benzene rings is 2. The van der Waals surface area contributed by atoms with Crippen LogP contribution in [0.4, 0.5) is 0 Å². The summed E-state index contributed by atoms with van der Waals surface area (Å²) in [6.45, 7) is 0.208. The second kappa shape index (κ2) is 7.98. The van der Waals surface area contributed by atoms with Crippen molar-refractivity contribution < 1.29 is 14.6 Å². The van der Waals surface area contributed by atoms with E-state index in [4.69, 9.17) is 27.9 Å². The van der Waals surface area contributed by atoms with Gasteiger partial charge in [-0.25, -0.2) is 14.2 Å². The summed E-state index contributed by atoms with van der Waals surface area (Å²) in [6, 6.07) is 11.7. The number of ether oxygens (including phenoxy) is 1. The Morgan fingerprint density at radius 1 is 1.17 bits per heavy atom. The average Bonchev–Trinajstić information content (AvgIpc) is 3.12. The summed E-state index contributed by atoms with van der Waals surface area (Å²) < 4.78 is 6.54. The number of nitrogens with zero attached hydrogens (tertiary/aromatic N) is 1. The van der Waals surface area contributed by atoms with Gasteiger partial charge in [-0.3, -0.25) is 4.79 Å². The zero-order valence-corrected chi connectivity index (χ0v) is 17.3. The zero-order chi connectivity index (χ0) is 21.4. The van der Waals surface area contributed by atoms with E-state index in [1.807, 2.05) is 6.07 Å². The number of rotatable bonds is 5. The summed E-state index contributed by atoms with van der Waals surface area (Å²) in [6.07, 6.45) is 0. The molecule has 152 valence electrons. The molecule has 0 saturated carbocycles. The molecule has 0 saturated heterocycles. The van der Waals surface area contributed by atoms with E-state index >= 15 is 0 Å². The number of nitrogens with one attached hydrogen (secondary N) is 1. The standard InChI is InChI=1S/C20H12Cl2N2O5S/c21-11-3-1-2-10(6-11)8-29-12-4-5-13(22)15(7-12)24-18(25)16-14(23-20(24)28)9-30-17(16)19(26)27/h1-7,9H,8H2,(H,23,28)(H,26,27). The second-order valence-corrected chi connectivity index (χ2v) is 7.98. The maximum atomic E-state index is 13.0. The predicted octanol–water partition coefficient (Wildman–Crippen LogP) is 4.32. The lowest BCUT2D eigenvalue weighted by Crippen LogP contribution is -2.34. The minimum absolute atomic E-state index is 0.0796. The first-order valence-electron chi connectivity index (χ1n) is 8.52. The smallest absolute Gasteiger partial charge is 0.346 e. The van der Waals surface area contributed by atoms with Crippen molar-refractivity contribution >= 4 is 51.4 Å². The van der Waals surface area contributed by atoms with Gasteiger partial charge in [0.05, 0.1) is 21.6 Å². The summed E-state index contributed by atoms with van der Waals surface area (Å²) >= 11 is 13.1. The highest BCUT2D eigenvalue weighted by Gasteiger charge is 2.20. The minimum Gasteiger partial charge on any atom is -0.489 e. The molecule has 2 N–H and O–H groups in total. The Morgan fingerprint density at radius 3 is 2.70 bits per heavy atom. The zero-order valence-electron chi connectivity index (χ0n) is 15.0. The Morgan fingerprint density at radius 2 is 1.97 bits per heavy atom. The van der Waals surface area contributed by atoms with Gasteiger partial charge in [-0.05, 0) is 29.8 Å². The first-order chi connectivity index (χ1) is 14.3. The quantitative estimate of drug-likeness (QED) is 0.459. The van der Waals surface area contributed by atoms with Crippen LogP contribution in [-0.2, 0) is 6.61 Å². The van der Waals surface area contributed by atoms with E-state index in [9.17, 15) is 19.5 Å². The molecule has 0 fully saturated rings. The normalized spacial score (nSPS) is 11.0. The predicted molar refractivity (Wildman–Crippen MR) is 116 cm³/mol. The van der Waals surface area contributed by atoms with E-state index in [0.29, 0.717) is 10.8 Å². The minimum atomic E-state index is -1.25. The van der Waals surface area contributed by atoms with Gasteiger partial charge in [-0.15, -0.1) is 11.3 Å². The van der Waals surface area contributed by atoms with Crippen LogP contribution in [0.3, 0.4) is 0 Å². The summed E-state index contributed by atoms with van der Waals surface area (Å²) in [5, 5.41) is 11.4. The van der Waals surface area contributed by atoms with Crippen LogP contribution in [-0.4, -0.2) is 20.6 Å². The summed E-state index contributed by atoms with van der Waals surface area (Å²) in [5.41, 5.74) is -0.443. The Bertz CT molecular complexity index is 1410. The number of H-pyrrole nitrogens is 1. The maximum absolute atomic E-state index is 13.0. The van der Waals surface area contributed by atoms with Gasteiger partial charge in [-0.2, -0.15) is 0 Å². The van der Waals surface area contributed by atoms with Crippen LogP contribution >= 0.6 is 34.5 Å². The molecule has 4 aromatic rings. The van der Waals surface area contributed by atoms with Crippen molar-refractivity contribution in [3.8, 4) is 11.4 Å².